The number of carbonyl (C=O) groups is 2. The van der Waals surface area contributed by atoms with Crippen molar-refractivity contribution >= 4 is 38.6 Å². The highest BCUT2D eigenvalue weighted by Crippen LogP contribution is 2.29. The third-order valence-corrected chi connectivity index (χ3v) is 4.78. The van der Waals surface area contributed by atoms with Gasteiger partial charge in [0, 0.05) is 16.2 Å². The summed E-state index contributed by atoms with van der Waals surface area (Å²) >= 11 is 3.44. The molecule has 2 amide bonds. The first kappa shape index (κ1) is 19.9. The molecule has 0 bridgehead atoms. The standard InChI is InChI=1S/C21H22BrN3O3/c1-14(2)17-11-16(22)7-8-19(17)28-13-21(27)24-23-20(26)12-25-10-9-15-5-3-4-6-18(15)25/h3-11,14H,12-13H2,1-2H3,(H,23,26)(H,24,27). The van der Waals surface area contributed by atoms with Crippen LogP contribution in [-0.2, 0) is 16.1 Å². The monoisotopic (exact) mass is 443 g/mol. The van der Waals surface area contributed by atoms with E-state index in [2.05, 4.69) is 40.6 Å². The highest BCUT2D eigenvalue weighted by atomic mass is 79.9. The van der Waals surface area contributed by atoms with Crippen LogP contribution in [0.4, 0.5) is 0 Å². The SMILES string of the molecule is CC(C)c1cc(Br)ccc1OCC(=O)NNC(=O)Cn1ccc2ccccc21. The number of benzene rings is 2. The molecule has 0 radical (unpaired) electrons. The summed E-state index contributed by atoms with van der Waals surface area (Å²) in [7, 11) is 0. The molecule has 3 aromatic rings. The van der Waals surface area contributed by atoms with Crippen LogP contribution < -0.4 is 15.6 Å². The second-order valence-electron chi connectivity index (χ2n) is 6.72. The molecule has 0 atom stereocenters. The van der Waals surface area contributed by atoms with Crippen LogP contribution in [0.2, 0.25) is 0 Å². The lowest BCUT2D eigenvalue weighted by Gasteiger charge is -2.14. The van der Waals surface area contributed by atoms with Gasteiger partial charge in [-0.15, -0.1) is 0 Å². The molecule has 0 unspecified atom stereocenters. The highest BCUT2D eigenvalue weighted by Gasteiger charge is 2.12. The highest BCUT2D eigenvalue weighted by molar-refractivity contribution is 9.10. The first-order valence-corrected chi connectivity index (χ1v) is 9.77. The number of para-hydroxylation sites is 1. The Bertz CT molecular complexity index is 997. The topological polar surface area (TPSA) is 72.4 Å². The Morgan fingerprint density at radius 3 is 2.61 bits per heavy atom. The molecule has 6 nitrogen and oxygen atoms in total. The van der Waals surface area contributed by atoms with E-state index in [0.717, 1.165) is 20.9 Å². The Balaban J connectivity index is 1.50. The van der Waals surface area contributed by atoms with Crippen molar-refractivity contribution < 1.29 is 14.3 Å². The molecule has 0 aliphatic rings. The summed E-state index contributed by atoms with van der Waals surface area (Å²) < 4.78 is 8.40. The van der Waals surface area contributed by atoms with Gasteiger partial charge in [-0.25, -0.2) is 0 Å². The van der Waals surface area contributed by atoms with Crippen LogP contribution in [0, 0.1) is 0 Å². The Morgan fingerprint density at radius 2 is 1.82 bits per heavy atom. The molecule has 3 rings (SSSR count). The first-order valence-electron chi connectivity index (χ1n) is 8.98. The van der Waals surface area contributed by atoms with E-state index in [4.69, 9.17) is 4.74 Å². The second-order valence-corrected chi connectivity index (χ2v) is 7.64. The quantitative estimate of drug-likeness (QED) is 0.569. The summed E-state index contributed by atoms with van der Waals surface area (Å²) in [6.07, 6.45) is 1.84. The summed E-state index contributed by atoms with van der Waals surface area (Å²) in [6, 6.07) is 15.4. The maximum Gasteiger partial charge on any atom is 0.276 e. The summed E-state index contributed by atoms with van der Waals surface area (Å²) in [5, 5.41) is 1.06. The molecule has 7 heteroatoms. The number of rotatable bonds is 6. The van der Waals surface area contributed by atoms with Gasteiger partial charge in [0.15, 0.2) is 6.61 Å². The fraction of sp³-hybridized carbons (Fsp3) is 0.238. The van der Waals surface area contributed by atoms with Crippen LogP contribution in [0.25, 0.3) is 10.9 Å². The molecule has 0 saturated heterocycles. The summed E-state index contributed by atoms with van der Waals surface area (Å²) in [5.41, 5.74) is 6.78. The molecule has 0 spiro atoms. The van der Waals surface area contributed by atoms with Crippen molar-refractivity contribution in [2.75, 3.05) is 6.61 Å². The minimum atomic E-state index is -0.427. The summed E-state index contributed by atoms with van der Waals surface area (Å²) in [5.74, 6) is 0.162. The van der Waals surface area contributed by atoms with Gasteiger partial charge in [-0.05, 0) is 47.2 Å². The number of ether oxygens (including phenoxy) is 1. The number of fused-ring (bicyclic) bond motifs is 1. The van der Waals surface area contributed by atoms with Gasteiger partial charge in [-0.1, -0.05) is 48.0 Å². The van der Waals surface area contributed by atoms with Crippen LogP contribution >= 0.6 is 15.9 Å². The van der Waals surface area contributed by atoms with Crippen molar-refractivity contribution in [3.63, 3.8) is 0 Å². The number of hydrogen-bond acceptors (Lipinski definition) is 3. The van der Waals surface area contributed by atoms with Crippen molar-refractivity contribution in [3.05, 3.63) is 64.8 Å². The van der Waals surface area contributed by atoms with E-state index < -0.39 is 5.91 Å². The van der Waals surface area contributed by atoms with Gasteiger partial charge in [0.25, 0.3) is 11.8 Å². The summed E-state index contributed by atoms with van der Waals surface area (Å²) in [6.45, 7) is 4.03. The number of carbonyl (C=O) groups excluding carboxylic acids is 2. The molecule has 2 aromatic carbocycles. The molecule has 1 aromatic heterocycles. The molecule has 0 saturated carbocycles. The zero-order valence-corrected chi connectivity index (χ0v) is 17.3. The predicted molar refractivity (Wildman–Crippen MR) is 112 cm³/mol. The van der Waals surface area contributed by atoms with Gasteiger partial charge >= 0.3 is 0 Å². The maximum absolute atomic E-state index is 12.1. The van der Waals surface area contributed by atoms with E-state index in [-0.39, 0.29) is 25.0 Å². The molecular weight excluding hydrogens is 422 g/mol. The van der Waals surface area contributed by atoms with Gasteiger partial charge in [-0.3, -0.25) is 20.4 Å². The van der Waals surface area contributed by atoms with E-state index in [0.29, 0.717) is 5.75 Å². The molecule has 0 fully saturated rings. The van der Waals surface area contributed by atoms with Gasteiger partial charge in [0.05, 0.1) is 0 Å². The van der Waals surface area contributed by atoms with Crippen LogP contribution in [0.3, 0.4) is 0 Å². The maximum atomic E-state index is 12.1. The number of hydrazine groups is 1. The summed E-state index contributed by atoms with van der Waals surface area (Å²) in [4.78, 5) is 24.1. The smallest absolute Gasteiger partial charge is 0.276 e. The van der Waals surface area contributed by atoms with Crippen LogP contribution in [0.1, 0.15) is 25.3 Å². The average molecular weight is 444 g/mol. The van der Waals surface area contributed by atoms with Crippen molar-refractivity contribution in [1.82, 2.24) is 15.4 Å². The van der Waals surface area contributed by atoms with E-state index in [1.54, 1.807) is 0 Å². The van der Waals surface area contributed by atoms with Gasteiger partial charge in [0.1, 0.15) is 12.3 Å². The van der Waals surface area contributed by atoms with Gasteiger partial charge in [-0.2, -0.15) is 0 Å². The van der Waals surface area contributed by atoms with Crippen LogP contribution in [0.15, 0.2) is 59.2 Å². The number of nitrogens with zero attached hydrogens (tertiary/aromatic N) is 1. The number of halogens is 1. The minimum absolute atomic E-state index is 0.110. The van der Waals surface area contributed by atoms with E-state index in [1.807, 2.05) is 59.3 Å². The minimum Gasteiger partial charge on any atom is -0.483 e. The zero-order chi connectivity index (χ0) is 20.1. The Hall–Kier alpha value is -2.80. The fourth-order valence-electron chi connectivity index (χ4n) is 2.89. The van der Waals surface area contributed by atoms with Crippen molar-refractivity contribution in [2.45, 2.75) is 26.3 Å². The zero-order valence-electron chi connectivity index (χ0n) is 15.7. The lowest BCUT2D eigenvalue weighted by molar-refractivity contribution is -0.130. The van der Waals surface area contributed by atoms with E-state index >= 15 is 0 Å². The number of amides is 2. The fourth-order valence-corrected chi connectivity index (χ4v) is 3.27. The van der Waals surface area contributed by atoms with E-state index in [1.165, 1.54) is 0 Å². The van der Waals surface area contributed by atoms with Crippen molar-refractivity contribution in [2.24, 2.45) is 0 Å². The molecule has 2 N–H and O–H groups in total. The van der Waals surface area contributed by atoms with Crippen LogP contribution in [0.5, 0.6) is 5.75 Å². The van der Waals surface area contributed by atoms with Crippen molar-refractivity contribution in [1.29, 1.82) is 0 Å². The lowest BCUT2D eigenvalue weighted by atomic mass is 10.0. The number of nitrogens with one attached hydrogen (secondary N) is 2. The predicted octanol–water partition coefficient (Wildman–Crippen LogP) is 3.75. The van der Waals surface area contributed by atoms with Crippen molar-refractivity contribution in [3.8, 4) is 5.75 Å². The normalized spacial score (nSPS) is 10.9. The lowest BCUT2D eigenvalue weighted by Crippen LogP contribution is -2.45. The largest absolute Gasteiger partial charge is 0.483 e. The van der Waals surface area contributed by atoms with E-state index in [9.17, 15) is 9.59 Å². The molecule has 1 heterocycles. The molecular formula is C21H22BrN3O3. The Labute approximate surface area is 172 Å². The second kappa shape index (κ2) is 8.93. The Morgan fingerprint density at radius 1 is 1.07 bits per heavy atom. The van der Waals surface area contributed by atoms with Gasteiger partial charge < -0.3 is 9.30 Å². The average Bonchev–Trinajstić information content (AvgIpc) is 3.08. The van der Waals surface area contributed by atoms with Gasteiger partial charge in [0.2, 0.25) is 0 Å². The van der Waals surface area contributed by atoms with Crippen LogP contribution in [-0.4, -0.2) is 23.0 Å². The Kier molecular flexibility index (Phi) is 6.36. The molecule has 28 heavy (non-hydrogen) atoms. The molecule has 146 valence electrons. The third kappa shape index (κ3) is 4.92. The number of aromatic nitrogens is 1. The third-order valence-electron chi connectivity index (χ3n) is 4.29. The first-order chi connectivity index (χ1) is 13.4. The molecule has 0 aliphatic heterocycles. The molecule has 0 aliphatic carbocycles. The number of hydrogen-bond donors (Lipinski definition) is 2.